The molecule has 0 aliphatic heterocycles. The predicted octanol–water partition coefficient (Wildman–Crippen LogP) is 3.74. The van der Waals surface area contributed by atoms with Crippen molar-refractivity contribution in [1.82, 2.24) is 0 Å². The molecule has 2 heteroatoms. The summed E-state index contributed by atoms with van der Waals surface area (Å²) in [6.45, 7) is 2.29. The fourth-order valence-electron chi connectivity index (χ4n) is 2.68. The molecule has 82 valence electrons. The van der Waals surface area contributed by atoms with E-state index in [4.69, 9.17) is 16.3 Å². The molecule has 0 heterocycles. The first-order chi connectivity index (χ1) is 6.79. The molecule has 2 saturated carbocycles. The average molecular weight is 217 g/mol. The van der Waals surface area contributed by atoms with Crippen LogP contribution in [0, 0.1) is 5.92 Å². The Morgan fingerprint density at radius 1 is 1.21 bits per heavy atom. The second kappa shape index (κ2) is 4.85. The van der Waals surface area contributed by atoms with Crippen molar-refractivity contribution < 1.29 is 4.74 Å². The molecular weight excluding hydrogens is 196 g/mol. The lowest BCUT2D eigenvalue weighted by molar-refractivity contribution is -0.0881. The van der Waals surface area contributed by atoms with Gasteiger partial charge in [0.05, 0.1) is 12.2 Å². The van der Waals surface area contributed by atoms with Crippen LogP contribution < -0.4 is 0 Å². The van der Waals surface area contributed by atoms with E-state index in [1.807, 2.05) is 0 Å². The smallest absolute Gasteiger partial charge is 0.0607 e. The van der Waals surface area contributed by atoms with E-state index in [2.05, 4.69) is 6.92 Å². The summed E-state index contributed by atoms with van der Waals surface area (Å²) >= 11 is 5.95. The molecule has 2 aliphatic rings. The van der Waals surface area contributed by atoms with Gasteiger partial charge in [-0.3, -0.25) is 0 Å². The molecule has 0 saturated heterocycles. The molecule has 2 rings (SSSR count). The Kier molecular flexibility index (Phi) is 3.73. The van der Waals surface area contributed by atoms with Crippen LogP contribution in [0.1, 0.15) is 51.9 Å². The van der Waals surface area contributed by atoms with Gasteiger partial charge < -0.3 is 4.74 Å². The van der Waals surface area contributed by atoms with E-state index in [-0.39, 0.29) is 0 Å². The number of halogens is 1. The minimum Gasteiger partial charge on any atom is -0.375 e. The summed E-state index contributed by atoms with van der Waals surface area (Å²) in [5.74, 6) is 0.818. The summed E-state index contributed by atoms with van der Waals surface area (Å²) in [4.78, 5) is 0. The Bertz CT molecular complexity index is 177. The highest BCUT2D eigenvalue weighted by Crippen LogP contribution is 2.35. The highest BCUT2D eigenvalue weighted by molar-refractivity contribution is 6.21. The van der Waals surface area contributed by atoms with Gasteiger partial charge in [0.25, 0.3) is 0 Å². The predicted molar refractivity (Wildman–Crippen MR) is 59.8 cm³/mol. The Morgan fingerprint density at radius 3 is 2.57 bits per heavy atom. The summed E-state index contributed by atoms with van der Waals surface area (Å²) in [5.41, 5.74) is 0. The molecule has 2 atom stereocenters. The largest absolute Gasteiger partial charge is 0.375 e. The van der Waals surface area contributed by atoms with Crippen LogP contribution in [-0.2, 0) is 4.74 Å². The lowest BCUT2D eigenvalue weighted by atomic mass is 9.84. The van der Waals surface area contributed by atoms with E-state index in [9.17, 15) is 0 Å². The molecule has 1 nitrogen and oxygen atoms in total. The van der Waals surface area contributed by atoms with Gasteiger partial charge in [-0.05, 0) is 31.6 Å². The van der Waals surface area contributed by atoms with Crippen LogP contribution in [0.25, 0.3) is 0 Å². The second-order valence-electron chi connectivity index (χ2n) is 4.82. The van der Waals surface area contributed by atoms with Crippen molar-refractivity contribution in [2.45, 2.75) is 69.5 Å². The summed E-state index contributed by atoms with van der Waals surface area (Å²) in [6.07, 6.45) is 9.88. The van der Waals surface area contributed by atoms with Crippen molar-refractivity contribution in [2.24, 2.45) is 5.92 Å². The summed E-state index contributed by atoms with van der Waals surface area (Å²) in [6, 6.07) is 0. The van der Waals surface area contributed by atoms with Crippen LogP contribution in [0.3, 0.4) is 0 Å². The Labute approximate surface area is 92.2 Å². The van der Waals surface area contributed by atoms with Gasteiger partial charge in [-0.25, -0.2) is 0 Å². The van der Waals surface area contributed by atoms with E-state index in [1.165, 1.54) is 32.1 Å². The first-order valence-electron chi connectivity index (χ1n) is 6.09. The highest BCUT2D eigenvalue weighted by atomic mass is 35.5. The zero-order valence-electron chi connectivity index (χ0n) is 9.05. The SMILES string of the molecule is CCC1CCCCC1OC1CC(Cl)C1. The topological polar surface area (TPSA) is 9.23 Å². The molecule has 0 aromatic carbocycles. The first-order valence-corrected chi connectivity index (χ1v) is 6.52. The molecule has 0 bridgehead atoms. The number of hydrogen-bond donors (Lipinski definition) is 0. The van der Waals surface area contributed by atoms with Gasteiger partial charge in [-0.1, -0.05) is 26.2 Å². The lowest BCUT2D eigenvalue weighted by Crippen LogP contribution is -2.39. The van der Waals surface area contributed by atoms with Gasteiger partial charge in [-0.2, -0.15) is 0 Å². The number of rotatable bonds is 3. The van der Waals surface area contributed by atoms with Gasteiger partial charge in [0.1, 0.15) is 0 Å². The normalized spacial score (nSPS) is 43.3. The molecule has 14 heavy (non-hydrogen) atoms. The fraction of sp³-hybridized carbons (Fsp3) is 1.00. The van der Waals surface area contributed by atoms with E-state index in [0.717, 1.165) is 18.8 Å². The molecule has 0 radical (unpaired) electrons. The maximum absolute atomic E-state index is 6.12. The highest BCUT2D eigenvalue weighted by Gasteiger charge is 2.33. The van der Waals surface area contributed by atoms with Crippen LogP contribution in [-0.4, -0.2) is 17.6 Å². The zero-order valence-corrected chi connectivity index (χ0v) is 9.80. The van der Waals surface area contributed by atoms with Gasteiger partial charge in [0, 0.05) is 5.38 Å². The van der Waals surface area contributed by atoms with Crippen molar-refractivity contribution in [1.29, 1.82) is 0 Å². The van der Waals surface area contributed by atoms with Crippen LogP contribution in [0.2, 0.25) is 0 Å². The molecule has 0 N–H and O–H groups in total. The third-order valence-corrected chi connectivity index (χ3v) is 4.12. The number of alkyl halides is 1. The molecule has 2 unspecified atom stereocenters. The zero-order chi connectivity index (χ0) is 9.97. The standard InChI is InChI=1S/C12H21ClO/c1-2-9-5-3-4-6-12(9)14-11-7-10(13)8-11/h9-12H,2-8H2,1H3. The van der Waals surface area contributed by atoms with Crippen molar-refractivity contribution in [2.75, 3.05) is 0 Å². The maximum atomic E-state index is 6.12. The summed E-state index contributed by atoms with van der Waals surface area (Å²) in [5, 5.41) is 0.392. The second-order valence-corrected chi connectivity index (χ2v) is 5.44. The molecule has 0 aromatic heterocycles. The first kappa shape index (κ1) is 10.8. The van der Waals surface area contributed by atoms with Crippen LogP contribution >= 0.6 is 11.6 Å². The molecule has 2 fully saturated rings. The Morgan fingerprint density at radius 2 is 1.93 bits per heavy atom. The van der Waals surface area contributed by atoms with Gasteiger partial charge >= 0.3 is 0 Å². The summed E-state index contributed by atoms with van der Waals surface area (Å²) in [7, 11) is 0. The minimum absolute atomic E-state index is 0.392. The molecule has 0 aromatic rings. The third-order valence-electron chi connectivity index (χ3n) is 3.77. The molecule has 2 aliphatic carbocycles. The quantitative estimate of drug-likeness (QED) is 0.653. The van der Waals surface area contributed by atoms with Crippen LogP contribution in [0.4, 0.5) is 0 Å². The van der Waals surface area contributed by atoms with Crippen molar-refractivity contribution in [3.8, 4) is 0 Å². The number of hydrogen-bond acceptors (Lipinski definition) is 1. The fourth-order valence-corrected chi connectivity index (χ4v) is 3.08. The number of ether oxygens (including phenoxy) is 1. The van der Waals surface area contributed by atoms with Crippen molar-refractivity contribution in [3.05, 3.63) is 0 Å². The maximum Gasteiger partial charge on any atom is 0.0607 e. The molecular formula is C12H21ClO. The van der Waals surface area contributed by atoms with E-state index in [1.54, 1.807) is 0 Å². The third kappa shape index (κ3) is 2.43. The van der Waals surface area contributed by atoms with Crippen LogP contribution in [0.5, 0.6) is 0 Å². The van der Waals surface area contributed by atoms with Crippen molar-refractivity contribution >= 4 is 11.6 Å². The summed E-state index contributed by atoms with van der Waals surface area (Å²) < 4.78 is 6.12. The Hall–Kier alpha value is 0.250. The lowest BCUT2D eigenvalue weighted by Gasteiger charge is -2.38. The molecule has 0 amide bonds. The van der Waals surface area contributed by atoms with Crippen LogP contribution in [0.15, 0.2) is 0 Å². The monoisotopic (exact) mass is 216 g/mol. The molecule has 0 spiro atoms. The van der Waals surface area contributed by atoms with Gasteiger partial charge in [-0.15, -0.1) is 11.6 Å². The Balaban J connectivity index is 1.77. The van der Waals surface area contributed by atoms with Crippen molar-refractivity contribution in [3.63, 3.8) is 0 Å². The average Bonchev–Trinajstić information content (AvgIpc) is 2.16. The van der Waals surface area contributed by atoms with E-state index >= 15 is 0 Å². The van der Waals surface area contributed by atoms with Gasteiger partial charge in [0.15, 0.2) is 0 Å². The van der Waals surface area contributed by atoms with E-state index < -0.39 is 0 Å². The van der Waals surface area contributed by atoms with Gasteiger partial charge in [0.2, 0.25) is 0 Å². The van der Waals surface area contributed by atoms with E-state index in [0.29, 0.717) is 17.6 Å². The minimum atomic E-state index is 0.392.